The van der Waals surface area contributed by atoms with Gasteiger partial charge in [0.1, 0.15) is 0 Å². The van der Waals surface area contributed by atoms with Gasteiger partial charge in [-0.1, -0.05) is 6.42 Å². The third-order valence-corrected chi connectivity index (χ3v) is 2.88. The van der Waals surface area contributed by atoms with Gasteiger partial charge in [-0.15, -0.1) is 0 Å². The van der Waals surface area contributed by atoms with Gasteiger partial charge in [0.25, 0.3) is 0 Å². The summed E-state index contributed by atoms with van der Waals surface area (Å²) < 4.78 is 0. The molecule has 2 rings (SSSR count). The number of carbonyl (C=O) groups excluding carboxylic acids is 1. The molecular weight excluding hydrogens is 164 g/mol. The lowest BCUT2D eigenvalue weighted by atomic mass is 10.1. The molecule has 1 saturated carbocycles. The smallest absolute Gasteiger partial charge is 0.223 e. The molecule has 0 aromatic carbocycles. The van der Waals surface area contributed by atoms with Crippen LogP contribution in [0.25, 0.3) is 0 Å². The lowest BCUT2D eigenvalue weighted by Crippen LogP contribution is -2.43. The molecule has 2 N–H and O–H groups in total. The Morgan fingerprint density at radius 2 is 2.15 bits per heavy atom. The highest BCUT2D eigenvalue weighted by atomic mass is 16.2. The quantitative estimate of drug-likeness (QED) is 0.673. The maximum atomic E-state index is 11.3. The van der Waals surface area contributed by atoms with Gasteiger partial charge >= 0.3 is 0 Å². The first-order valence-electron chi connectivity index (χ1n) is 5.37. The van der Waals surface area contributed by atoms with E-state index >= 15 is 0 Å². The monoisotopic (exact) mass is 182 g/mol. The first-order valence-corrected chi connectivity index (χ1v) is 5.37. The molecular formula is C10H18N2O. The fraction of sp³-hybridized carbons (Fsp3) is 0.900. The second kappa shape index (κ2) is 4.09. The topological polar surface area (TPSA) is 41.1 Å². The third-order valence-electron chi connectivity index (χ3n) is 2.88. The average Bonchev–Trinajstić information content (AvgIpc) is 2.99. The minimum absolute atomic E-state index is 0.271. The van der Waals surface area contributed by atoms with Crippen LogP contribution < -0.4 is 10.6 Å². The minimum Gasteiger partial charge on any atom is -0.354 e. The van der Waals surface area contributed by atoms with Gasteiger partial charge in [-0.2, -0.15) is 0 Å². The van der Waals surface area contributed by atoms with Gasteiger partial charge in [0.2, 0.25) is 5.91 Å². The molecule has 0 radical (unpaired) electrons. The second-order valence-corrected chi connectivity index (χ2v) is 4.17. The zero-order chi connectivity index (χ0) is 9.10. The zero-order valence-corrected chi connectivity index (χ0v) is 8.01. The van der Waals surface area contributed by atoms with Gasteiger partial charge < -0.3 is 10.6 Å². The Balaban J connectivity index is 1.62. The summed E-state index contributed by atoms with van der Waals surface area (Å²) in [5.74, 6) is 0.621. The Labute approximate surface area is 79.3 Å². The van der Waals surface area contributed by atoms with Gasteiger partial charge in [0, 0.05) is 18.5 Å². The van der Waals surface area contributed by atoms with Gasteiger partial charge in [0.05, 0.1) is 0 Å². The van der Waals surface area contributed by atoms with Crippen molar-refractivity contribution in [3.05, 3.63) is 0 Å². The number of nitrogens with one attached hydrogen (secondary N) is 2. The summed E-state index contributed by atoms with van der Waals surface area (Å²) in [4.78, 5) is 11.3. The van der Waals surface area contributed by atoms with Crippen LogP contribution in [0, 0.1) is 5.92 Å². The van der Waals surface area contributed by atoms with E-state index in [2.05, 4.69) is 10.6 Å². The van der Waals surface area contributed by atoms with Crippen molar-refractivity contribution in [2.75, 3.05) is 13.1 Å². The maximum absolute atomic E-state index is 11.3. The molecule has 74 valence electrons. The van der Waals surface area contributed by atoms with E-state index in [0.717, 1.165) is 25.9 Å². The molecule has 0 bridgehead atoms. The molecule has 1 heterocycles. The summed E-state index contributed by atoms with van der Waals surface area (Å²) in [6.45, 7) is 1.94. The van der Waals surface area contributed by atoms with E-state index in [1.54, 1.807) is 0 Å². The predicted octanol–water partition coefficient (Wildman–Crippen LogP) is 0.655. The third kappa shape index (κ3) is 2.69. The molecule has 1 atom stereocenters. The molecule has 13 heavy (non-hydrogen) atoms. The largest absolute Gasteiger partial charge is 0.354 e. The van der Waals surface area contributed by atoms with Crippen molar-refractivity contribution in [2.24, 2.45) is 5.92 Å². The van der Waals surface area contributed by atoms with Crippen molar-refractivity contribution in [3.63, 3.8) is 0 Å². The van der Waals surface area contributed by atoms with Crippen LogP contribution in [0.1, 0.15) is 32.1 Å². The number of piperidine rings is 1. The molecule has 3 nitrogen and oxygen atoms in total. The maximum Gasteiger partial charge on any atom is 0.223 e. The summed E-state index contributed by atoms with van der Waals surface area (Å²) >= 11 is 0. The molecule has 0 aromatic rings. The SMILES string of the molecule is O=C(NCC1CCCCN1)C1CC1. The standard InChI is InChI=1S/C10H18N2O/c13-10(8-4-5-8)12-7-9-3-1-2-6-11-9/h8-9,11H,1-7H2,(H,12,13). The molecule has 2 aliphatic rings. The molecule has 1 amide bonds. The first-order chi connectivity index (χ1) is 6.36. The molecule has 1 saturated heterocycles. The van der Waals surface area contributed by atoms with Gasteiger partial charge in [-0.05, 0) is 32.2 Å². The van der Waals surface area contributed by atoms with Crippen molar-refractivity contribution in [1.82, 2.24) is 10.6 Å². The van der Waals surface area contributed by atoms with E-state index < -0.39 is 0 Å². The molecule has 0 spiro atoms. The number of amides is 1. The highest BCUT2D eigenvalue weighted by molar-refractivity contribution is 5.80. The zero-order valence-electron chi connectivity index (χ0n) is 8.01. The van der Waals surface area contributed by atoms with Gasteiger partial charge in [-0.25, -0.2) is 0 Å². The van der Waals surface area contributed by atoms with E-state index in [1.807, 2.05) is 0 Å². The summed E-state index contributed by atoms with van der Waals surface area (Å²) in [5.41, 5.74) is 0. The second-order valence-electron chi connectivity index (χ2n) is 4.17. The molecule has 1 aliphatic carbocycles. The van der Waals surface area contributed by atoms with E-state index in [1.165, 1.54) is 19.3 Å². The lowest BCUT2D eigenvalue weighted by Gasteiger charge is -2.23. The Kier molecular flexibility index (Phi) is 2.83. The van der Waals surface area contributed by atoms with Crippen LogP contribution in [0.3, 0.4) is 0 Å². The fourth-order valence-electron chi connectivity index (χ4n) is 1.81. The first kappa shape index (κ1) is 9.00. The van der Waals surface area contributed by atoms with Crippen molar-refractivity contribution in [2.45, 2.75) is 38.1 Å². The van der Waals surface area contributed by atoms with E-state index in [9.17, 15) is 4.79 Å². The molecule has 1 aliphatic heterocycles. The molecule has 2 fully saturated rings. The van der Waals surface area contributed by atoms with Crippen LogP contribution in [-0.2, 0) is 4.79 Å². The Morgan fingerprint density at radius 3 is 2.77 bits per heavy atom. The summed E-state index contributed by atoms with van der Waals surface area (Å²) in [7, 11) is 0. The summed E-state index contributed by atoms with van der Waals surface area (Å²) in [6.07, 6.45) is 6.00. The Morgan fingerprint density at radius 1 is 1.31 bits per heavy atom. The van der Waals surface area contributed by atoms with Crippen LogP contribution in [0.2, 0.25) is 0 Å². The number of hydrogen-bond donors (Lipinski definition) is 2. The van der Waals surface area contributed by atoms with Gasteiger partial charge in [0.15, 0.2) is 0 Å². The van der Waals surface area contributed by atoms with Crippen molar-refractivity contribution in [3.8, 4) is 0 Å². The molecule has 0 aromatic heterocycles. The average molecular weight is 182 g/mol. The Hall–Kier alpha value is -0.570. The van der Waals surface area contributed by atoms with E-state index in [4.69, 9.17) is 0 Å². The minimum atomic E-state index is 0.271. The van der Waals surface area contributed by atoms with Crippen molar-refractivity contribution >= 4 is 5.91 Å². The van der Waals surface area contributed by atoms with Crippen LogP contribution >= 0.6 is 0 Å². The van der Waals surface area contributed by atoms with E-state index in [-0.39, 0.29) is 5.91 Å². The predicted molar refractivity (Wildman–Crippen MR) is 51.4 cm³/mol. The molecule has 1 unspecified atom stereocenters. The van der Waals surface area contributed by atoms with Crippen LogP contribution in [0.15, 0.2) is 0 Å². The van der Waals surface area contributed by atoms with Crippen LogP contribution in [0.5, 0.6) is 0 Å². The molecule has 3 heteroatoms. The number of hydrogen-bond acceptors (Lipinski definition) is 2. The Bertz CT molecular complexity index is 183. The van der Waals surface area contributed by atoms with Gasteiger partial charge in [-0.3, -0.25) is 4.79 Å². The van der Waals surface area contributed by atoms with Crippen LogP contribution in [-0.4, -0.2) is 25.0 Å². The van der Waals surface area contributed by atoms with Crippen molar-refractivity contribution < 1.29 is 4.79 Å². The summed E-state index contributed by atoms with van der Waals surface area (Å²) in [5, 5.41) is 6.43. The fourth-order valence-corrected chi connectivity index (χ4v) is 1.81. The lowest BCUT2D eigenvalue weighted by molar-refractivity contribution is -0.122. The highest BCUT2D eigenvalue weighted by Crippen LogP contribution is 2.28. The number of rotatable bonds is 3. The van der Waals surface area contributed by atoms with Crippen molar-refractivity contribution in [1.29, 1.82) is 0 Å². The van der Waals surface area contributed by atoms with Crippen LogP contribution in [0.4, 0.5) is 0 Å². The number of carbonyl (C=O) groups is 1. The van der Waals surface area contributed by atoms with E-state index in [0.29, 0.717) is 12.0 Å². The highest BCUT2D eigenvalue weighted by Gasteiger charge is 2.29. The summed E-state index contributed by atoms with van der Waals surface area (Å²) in [6, 6.07) is 0.524. The normalized spacial score (nSPS) is 28.5.